The molecule has 2 aromatic rings. The monoisotopic (exact) mass is 362 g/mol. The van der Waals surface area contributed by atoms with Gasteiger partial charge in [0.2, 0.25) is 0 Å². The third-order valence-electron chi connectivity index (χ3n) is 3.55. The third-order valence-corrected chi connectivity index (χ3v) is 3.55. The second-order valence-electron chi connectivity index (χ2n) is 5.43. The predicted octanol–water partition coefficient (Wildman–Crippen LogP) is 2.16. The van der Waals surface area contributed by atoms with E-state index in [0.29, 0.717) is 0 Å². The number of nitrogens with one attached hydrogen (secondary N) is 1. The average Bonchev–Trinajstić information content (AvgIpc) is 2.64. The van der Waals surface area contributed by atoms with Crippen LogP contribution in [0.4, 0.5) is 13.6 Å². The molecule has 0 fully saturated rings. The van der Waals surface area contributed by atoms with Crippen molar-refractivity contribution in [1.82, 2.24) is 5.32 Å². The zero-order chi connectivity index (χ0) is 19.1. The minimum atomic E-state index is -1.67. The minimum absolute atomic E-state index is 0.0252. The van der Waals surface area contributed by atoms with Gasteiger partial charge in [-0.3, -0.25) is 0 Å². The van der Waals surface area contributed by atoms with Crippen molar-refractivity contribution in [3.63, 3.8) is 0 Å². The van der Waals surface area contributed by atoms with Crippen LogP contribution in [0.15, 0.2) is 42.5 Å². The maximum absolute atomic E-state index is 13.6. The Hall–Kier alpha value is -3.02. The highest BCUT2D eigenvalue weighted by molar-refractivity contribution is 5.67. The van der Waals surface area contributed by atoms with E-state index in [2.05, 4.69) is 5.32 Å². The molecule has 0 bridgehead atoms. The topological polar surface area (TPSA) is 103 Å². The van der Waals surface area contributed by atoms with E-state index in [-0.39, 0.29) is 12.2 Å². The van der Waals surface area contributed by atoms with Crippen molar-refractivity contribution in [1.29, 1.82) is 5.26 Å². The summed E-state index contributed by atoms with van der Waals surface area (Å²) in [5.74, 6) is -2.30. The molecule has 1 amide bonds. The van der Waals surface area contributed by atoms with Gasteiger partial charge in [-0.25, -0.2) is 13.6 Å². The molecule has 2 rings (SSSR count). The summed E-state index contributed by atoms with van der Waals surface area (Å²) in [4.78, 5) is 11.6. The van der Waals surface area contributed by atoms with E-state index in [1.165, 1.54) is 6.07 Å². The normalized spacial score (nSPS) is 12.7. The average molecular weight is 362 g/mol. The van der Waals surface area contributed by atoms with E-state index in [0.717, 1.165) is 17.7 Å². The van der Waals surface area contributed by atoms with Crippen molar-refractivity contribution in [2.75, 3.05) is 6.54 Å². The maximum Gasteiger partial charge on any atom is 0.407 e. The molecule has 0 aliphatic rings. The summed E-state index contributed by atoms with van der Waals surface area (Å²) >= 11 is 0. The third kappa shape index (κ3) is 4.99. The summed E-state index contributed by atoms with van der Waals surface area (Å²) in [6, 6.07) is 11.8. The van der Waals surface area contributed by atoms with Gasteiger partial charge < -0.3 is 20.3 Å². The Labute approximate surface area is 148 Å². The van der Waals surface area contributed by atoms with Crippen LogP contribution in [-0.4, -0.2) is 29.0 Å². The van der Waals surface area contributed by atoms with Crippen LogP contribution < -0.4 is 5.32 Å². The summed E-state index contributed by atoms with van der Waals surface area (Å²) in [5.41, 5.74) is -0.268. The molecular weight excluding hydrogens is 346 g/mol. The van der Waals surface area contributed by atoms with Gasteiger partial charge in [0.25, 0.3) is 0 Å². The number of amides is 1. The smallest absolute Gasteiger partial charge is 0.407 e. The van der Waals surface area contributed by atoms with E-state index in [9.17, 15) is 23.8 Å². The van der Waals surface area contributed by atoms with Crippen molar-refractivity contribution in [3.8, 4) is 6.07 Å². The van der Waals surface area contributed by atoms with Gasteiger partial charge in [-0.2, -0.15) is 5.26 Å². The summed E-state index contributed by atoms with van der Waals surface area (Å²) < 4.78 is 32.1. The van der Waals surface area contributed by atoms with Crippen molar-refractivity contribution >= 4 is 6.09 Å². The zero-order valence-electron chi connectivity index (χ0n) is 13.5. The molecule has 3 N–H and O–H groups in total. The number of benzene rings is 2. The molecule has 2 aromatic carbocycles. The number of hydrogen-bond acceptors (Lipinski definition) is 5. The van der Waals surface area contributed by atoms with Crippen LogP contribution in [0, 0.1) is 23.0 Å². The molecule has 0 aliphatic carbocycles. The first-order valence-corrected chi connectivity index (χ1v) is 7.62. The van der Waals surface area contributed by atoms with Crippen LogP contribution in [0.5, 0.6) is 0 Å². The van der Waals surface area contributed by atoms with Gasteiger partial charge >= 0.3 is 6.09 Å². The van der Waals surface area contributed by atoms with Gasteiger partial charge in [0.1, 0.15) is 42.1 Å². The molecule has 0 heterocycles. The first-order chi connectivity index (χ1) is 12.4. The van der Waals surface area contributed by atoms with Gasteiger partial charge in [-0.15, -0.1) is 0 Å². The summed E-state index contributed by atoms with van der Waals surface area (Å²) in [5, 5.41) is 30.7. The zero-order valence-corrected chi connectivity index (χ0v) is 13.5. The van der Waals surface area contributed by atoms with Crippen molar-refractivity contribution in [3.05, 3.63) is 70.8 Å². The van der Waals surface area contributed by atoms with Crippen LogP contribution in [0.25, 0.3) is 0 Å². The SMILES string of the molecule is N#Cc1c(F)cc(C(O)C(O)CNC(=O)OCc2ccccc2)cc1F. The molecule has 0 saturated carbocycles. The molecule has 2 atom stereocenters. The second-order valence-corrected chi connectivity index (χ2v) is 5.43. The molecule has 0 spiro atoms. The fourth-order valence-electron chi connectivity index (χ4n) is 2.17. The van der Waals surface area contributed by atoms with Gasteiger partial charge in [0, 0.05) is 6.54 Å². The highest BCUT2D eigenvalue weighted by Crippen LogP contribution is 2.22. The minimum Gasteiger partial charge on any atom is -0.445 e. The number of aliphatic hydroxyl groups excluding tert-OH is 2. The van der Waals surface area contributed by atoms with E-state index < -0.39 is 42.0 Å². The van der Waals surface area contributed by atoms with E-state index in [4.69, 9.17) is 10.00 Å². The van der Waals surface area contributed by atoms with Crippen LogP contribution in [0.2, 0.25) is 0 Å². The van der Waals surface area contributed by atoms with Crippen LogP contribution in [0.1, 0.15) is 22.8 Å². The maximum atomic E-state index is 13.6. The number of rotatable bonds is 6. The molecule has 0 aromatic heterocycles. The first kappa shape index (κ1) is 19.3. The molecule has 0 radical (unpaired) electrons. The number of carbonyl (C=O) groups excluding carboxylic acids is 1. The lowest BCUT2D eigenvalue weighted by atomic mass is 10.0. The van der Waals surface area contributed by atoms with Crippen molar-refractivity contribution in [2.45, 2.75) is 18.8 Å². The molecule has 136 valence electrons. The predicted molar refractivity (Wildman–Crippen MR) is 86.7 cm³/mol. The number of halogens is 2. The summed E-state index contributed by atoms with van der Waals surface area (Å²) in [6.45, 7) is -0.380. The number of hydrogen-bond donors (Lipinski definition) is 3. The largest absolute Gasteiger partial charge is 0.445 e. The molecule has 6 nitrogen and oxygen atoms in total. The number of nitriles is 1. The molecule has 0 aliphatic heterocycles. The number of carbonyl (C=O) groups is 1. The number of ether oxygens (including phenoxy) is 1. The fraction of sp³-hybridized carbons (Fsp3) is 0.222. The van der Waals surface area contributed by atoms with Crippen LogP contribution in [-0.2, 0) is 11.3 Å². The fourth-order valence-corrected chi connectivity index (χ4v) is 2.17. The molecule has 8 heteroatoms. The Morgan fingerprint density at radius 1 is 1.19 bits per heavy atom. The first-order valence-electron chi connectivity index (χ1n) is 7.62. The van der Waals surface area contributed by atoms with E-state index in [1.807, 2.05) is 6.07 Å². The van der Waals surface area contributed by atoms with Gasteiger partial charge in [-0.1, -0.05) is 30.3 Å². The standard InChI is InChI=1S/C18H16F2N2O4/c19-14-6-12(7-15(20)13(14)8-21)17(24)16(23)9-22-18(25)26-10-11-4-2-1-3-5-11/h1-7,16-17,23-24H,9-10H2,(H,22,25). The lowest BCUT2D eigenvalue weighted by molar-refractivity contribution is 0.0181. The molecular formula is C18H16F2N2O4. The molecule has 0 saturated heterocycles. The van der Waals surface area contributed by atoms with Crippen LogP contribution in [0.3, 0.4) is 0 Å². The highest BCUT2D eigenvalue weighted by atomic mass is 19.1. The highest BCUT2D eigenvalue weighted by Gasteiger charge is 2.22. The lowest BCUT2D eigenvalue weighted by Crippen LogP contribution is -2.35. The van der Waals surface area contributed by atoms with Crippen molar-refractivity contribution < 1.29 is 28.5 Å². The van der Waals surface area contributed by atoms with E-state index >= 15 is 0 Å². The Morgan fingerprint density at radius 2 is 1.81 bits per heavy atom. The Balaban J connectivity index is 1.88. The lowest BCUT2D eigenvalue weighted by Gasteiger charge is -2.19. The van der Waals surface area contributed by atoms with Gasteiger partial charge in [0.15, 0.2) is 0 Å². The summed E-state index contributed by atoms with van der Waals surface area (Å²) in [7, 11) is 0. The number of nitrogens with zero attached hydrogens (tertiary/aromatic N) is 1. The second kappa shape index (κ2) is 8.89. The van der Waals surface area contributed by atoms with E-state index in [1.54, 1.807) is 24.3 Å². The Kier molecular flexibility index (Phi) is 6.60. The summed E-state index contributed by atoms with van der Waals surface area (Å²) in [6.07, 6.45) is -4.02. The van der Waals surface area contributed by atoms with Crippen molar-refractivity contribution in [2.24, 2.45) is 0 Å². The molecule has 26 heavy (non-hydrogen) atoms. The van der Waals surface area contributed by atoms with Gasteiger partial charge in [0.05, 0.1) is 0 Å². The number of alkyl carbamates (subject to hydrolysis) is 1. The quantitative estimate of drug-likeness (QED) is 0.731. The van der Waals surface area contributed by atoms with Crippen LogP contribution >= 0.6 is 0 Å². The number of aliphatic hydroxyl groups is 2. The van der Waals surface area contributed by atoms with Gasteiger partial charge in [-0.05, 0) is 23.3 Å². The Bertz CT molecular complexity index is 786. The Morgan fingerprint density at radius 3 is 2.38 bits per heavy atom. The molecule has 2 unspecified atom stereocenters.